The number of carboxylic acids is 1. The van der Waals surface area contributed by atoms with Crippen LogP contribution in [0.15, 0.2) is 30.3 Å². The first-order chi connectivity index (χ1) is 9.04. The zero-order valence-corrected chi connectivity index (χ0v) is 11.6. The van der Waals surface area contributed by atoms with Crippen LogP contribution in [0.5, 0.6) is 0 Å². The highest BCUT2D eigenvalue weighted by Gasteiger charge is 2.38. The topological polar surface area (TPSA) is 66.4 Å². The largest absolute Gasteiger partial charge is 0.479 e. The van der Waals surface area contributed by atoms with E-state index in [0.29, 0.717) is 5.56 Å². The van der Waals surface area contributed by atoms with Crippen molar-refractivity contribution in [3.63, 3.8) is 0 Å². The summed E-state index contributed by atoms with van der Waals surface area (Å²) in [5.41, 5.74) is -0.791. The van der Waals surface area contributed by atoms with Crippen molar-refractivity contribution in [2.75, 3.05) is 5.75 Å². The van der Waals surface area contributed by atoms with Gasteiger partial charge in [-0.2, -0.15) is 0 Å². The lowest BCUT2D eigenvalue weighted by atomic mass is 9.92. The van der Waals surface area contributed by atoms with E-state index < -0.39 is 11.5 Å². The normalized spacial score (nSPS) is 21.6. The predicted molar refractivity (Wildman–Crippen MR) is 75.1 cm³/mol. The summed E-state index contributed by atoms with van der Waals surface area (Å²) in [5, 5.41) is 12.0. The average Bonchev–Trinajstić information content (AvgIpc) is 2.93. The lowest BCUT2D eigenvalue weighted by Crippen LogP contribution is -2.51. The Bertz CT molecular complexity index is 471. The molecule has 4 nitrogen and oxygen atoms in total. The zero-order chi connectivity index (χ0) is 13.9. The minimum absolute atomic E-state index is 0.123. The SMILES string of the molecule is CC(NC(=O)C1CCCS1)(C(=O)O)c1ccccc1. The van der Waals surface area contributed by atoms with E-state index in [1.54, 1.807) is 36.0 Å². The van der Waals surface area contributed by atoms with Gasteiger partial charge < -0.3 is 10.4 Å². The second-order valence-electron chi connectivity index (χ2n) is 4.79. The molecule has 0 aromatic heterocycles. The molecule has 0 aliphatic carbocycles. The van der Waals surface area contributed by atoms with E-state index in [2.05, 4.69) is 5.32 Å². The molecule has 1 aromatic carbocycles. The molecule has 1 aromatic rings. The molecule has 2 N–H and O–H groups in total. The van der Waals surface area contributed by atoms with Crippen LogP contribution in [0.4, 0.5) is 0 Å². The molecule has 1 heterocycles. The second-order valence-corrected chi connectivity index (χ2v) is 6.10. The fourth-order valence-electron chi connectivity index (χ4n) is 2.13. The number of benzene rings is 1. The number of carboxylic acid groups (broad SMARTS) is 1. The first-order valence-electron chi connectivity index (χ1n) is 6.26. The molecule has 2 atom stereocenters. The van der Waals surface area contributed by atoms with E-state index in [-0.39, 0.29) is 11.2 Å². The van der Waals surface area contributed by atoms with E-state index in [9.17, 15) is 14.7 Å². The quantitative estimate of drug-likeness (QED) is 0.884. The number of carbonyl (C=O) groups is 2. The van der Waals surface area contributed by atoms with Crippen molar-refractivity contribution < 1.29 is 14.7 Å². The van der Waals surface area contributed by atoms with Gasteiger partial charge in [0, 0.05) is 0 Å². The second kappa shape index (κ2) is 5.65. The fourth-order valence-corrected chi connectivity index (χ4v) is 3.29. The third kappa shape index (κ3) is 2.92. The van der Waals surface area contributed by atoms with Gasteiger partial charge in [0.05, 0.1) is 5.25 Å². The van der Waals surface area contributed by atoms with Gasteiger partial charge in [-0.05, 0) is 31.1 Å². The maximum atomic E-state index is 12.1. The molecule has 1 aliphatic rings. The number of hydrogen-bond donors (Lipinski definition) is 2. The molecule has 1 saturated heterocycles. The zero-order valence-electron chi connectivity index (χ0n) is 10.8. The number of hydrogen-bond acceptors (Lipinski definition) is 3. The van der Waals surface area contributed by atoms with Gasteiger partial charge in [0.2, 0.25) is 5.91 Å². The molecular weight excluding hydrogens is 262 g/mol. The van der Waals surface area contributed by atoms with Gasteiger partial charge in [0.15, 0.2) is 5.54 Å². The molecular formula is C14H17NO3S. The number of thioether (sulfide) groups is 1. The van der Waals surface area contributed by atoms with Crippen LogP contribution >= 0.6 is 11.8 Å². The first-order valence-corrected chi connectivity index (χ1v) is 7.31. The molecule has 1 amide bonds. The van der Waals surface area contributed by atoms with Gasteiger partial charge >= 0.3 is 5.97 Å². The number of nitrogens with one attached hydrogen (secondary N) is 1. The van der Waals surface area contributed by atoms with Gasteiger partial charge in [0.25, 0.3) is 0 Å². The number of amides is 1. The molecule has 1 fully saturated rings. The Hall–Kier alpha value is -1.49. The molecule has 19 heavy (non-hydrogen) atoms. The van der Waals surface area contributed by atoms with Crippen LogP contribution in [0.1, 0.15) is 25.3 Å². The van der Waals surface area contributed by atoms with E-state index in [0.717, 1.165) is 18.6 Å². The summed E-state index contributed by atoms with van der Waals surface area (Å²) in [7, 11) is 0. The average molecular weight is 279 g/mol. The van der Waals surface area contributed by atoms with Crippen LogP contribution in [0.25, 0.3) is 0 Å². The van der Waals surface area contributed by atoms with Crippen LogP contribution in [-0.4, -0.2) is 28.0 Å². The predicted octanol–water partition coefficient (Wildman–Crippen LogP) is 2.00. The van der Waals surface area contributed by atoms with E-state index in [1.807, 2.05) is 6.07 Å². The third-order valence-corrected chi connectivity index (χ3v) is 4.75. The molecule has 0 spiro atoms. The van der Waals surface area contributed by atoms with Crippen molar-refractivity contribution in [1.29, 1.82) is 0 Å². The van der Waals surface area contributed by atoms with Gasteiger partial charge in [-0.3, -0.25) is 4.79 Å². The highest BCUT2D eigenvalue weighted by Crippen LogP contribution is 2.28. The molecule has 0 radical (unpaired) electrons. The highest BCUT2D eigenvalue weighted by atomic mass is 32.2. The Morgan fingerprint density at radius 1 is 1.37 bits per heavy atom. The van der Waals surface area contributed by atoms with Crippen LogP contribution in [-0.2, 0) is 15.1 Å². The van der Waals surface area contributed by atoms with E-state index >= 15 is 0 Å². The Morgan fingerprint density at radius 2 is 2.05 bits per heavy atom. The van der Waals surface area contributed by atoms with Gasteiger partial charge in [-0.25, -0.2) is 4.79 Å². The summed E-state index contributed by atoms with van der Waals surface area (Å²) >= 11 is 1.59. The summed E-state index contributed by atoms with van der Waals surface area (Å²) in [6, 6.07) is 8.80. The molecule has 2 unspecified atom stereocenters. The minimum atomic E-state index is -1.37. The lowest BCUT2D eigenvalue weighted by molar-refractivity contribution is -0.147. The molecule has 2 rings (SSSR count). The van der Waals surface area contributed by atoms with Crippen molar-refractivity contribution in [1.82, 2.24) is 5.32 Å². The Morgan fingerprint density at radius 3 is 2.58 bits per heavy atom. The number of carbonyl (C=O) groups excluding carboxylic acids is 1. The van der Waals surface area contributed by atoms with E-state index in [1.165, 1.54) is 6.92 Å². The molecule has 5 heteroatoms. The first kappa shape index (κ1) is 13.9. The smallest absolute Gasteiger partial charge is 0.333 e. The standard InChI is InChI=1S/C14H17NO3S/c1-14(13(17)18,10-6-3-2-4-7-10)15-12(16)11-8-5-9-19-11/h2-4,6-7,11H,5,8-9H2,1H3,(H,15,16)(H,17,18). The maximum absolute atomic E-state index is 12.1. The van der Waals surface area contributed by atoms with Gasteiger partial charge in [0.1, 0.15) is 0 Å². The van der Waals surface area contributed by atoms with Gasteiger partial charge in [-0.15, -0.1) is 11.8 Å². The number of rotatable bonds is 4. The van der Waals surface area contributed by atoms with Crippen molar-refractivity contribution in [2.45, 2.75) is 30.6 Å². The molecule has 0 bridgehead atoms. The Labute approximate surface area is 116 Å². The summed E-state index contributed by atoms with van der Waals surface area (Å²) in [5.74, 6) is -0.265. The summed E-state index contributed by atoms with van der Waals surface area (Å²) in [4.78, 5) is 23.7. The molecule has 102 valence electrons. The highest BCUT2D eigenvalue weighted by molar-refractivity contribution is 8.00. The number of aliphatic carboxylic acids is 1. The van der Waals surface area contributed by atoms with Crippen LogP contribution in [0, 0.1) is 0 Å². The molecule has 1 aliphatic heterocycles. The summed E-state index contributed by atoms with van der Waals surface area (Å²) in [6.45, 7) is 1.53. The monoisotopic (exact) mass is 279 g/mol. The lowest BCUT2D eigenvalue weighted by Gasteiger charge is -2.28. The Balaban J connectivity index is 2.20. The molecule has 0 saturated carbocycles. The van der Waals surface area contributed by atoms with Crippen molar-refractivity contribution in [3.8, 4) is 0 Å². The summed E-state index contributed by atoms with van der Waals surface area (Å²) < 4.78 is 0. The Kier molecular flexibility index (Phi) is 4.14. The van der Waals surface area contributed by atoms with E-state index in [4.69, 9.17) is 0 Å². The van der Waals surface area contributed by atoms with Gasteiger partial charge in [-0.1, -0.05) is 30.3 Å². The maximum Gasteiger partial charge on any atom is 0.333 e. The van der Waals surface area contributed by atoms with Crippen LogP contribution in [0.2, 0.25) is 0 Å². The third-order valence-electron chi connectivity index (χ3n) is 3.37. The van der Waals surface area contributed by atoms with Crippen LogP contribution < -0.4 is 5.32 Å². The van der Waals surface area contributed by atoms with Crippen molar-refractivity contribution in [2.24, 2.45) is 0 Å². The van der Waals surface area contributed by atoms with Crippen molar-refractivity contribution in [3.05, 3.63) is 35.9 Å². The fraction of sp³-hybridized carbons (Fsp3) is 0.429. The van der Waals surface area contributed by atoms with Crippen LogP contribution in [0.3, 0.4) is 0 Å². The minimum Gasteiger partial charge on any atom is -0.479 e. The summed E-state index contributed by atoms with van der Waals surface area (Å²) in [6.07, 6.45) is 1.83. The van der Waals surface area contributed by atoms with Crippen molar-refractivity contribution >= 4 is 23.6 Å².